The molecule has 1 heterocycles. The Kier molecular flexibility index (Phi) is 10.3. The van der Waals surface area contributed by atoms with E-state index in [4.69, 9.17) is 4.74 Å². The number of hydrogen-bond donors (Lipinski definition) is 2. The molecule has 0 spiro atoms. The number of rotatable bonds is 7. The Labute approximate surface area is 162 Å². The van der Waals surface area contributed by atoms with E-state index in [1.807, 2.05) is 18.2 Å². The number of hydrogen-bond acceptors (Lipinski definition) is 3. The lowest BCUT2D eigenvalue weighted by atomic mass is 10.1. The first kappa shape index (κ1) is 21.2. The van der Waals surface area contributed by atoms with Crippen LogP contribution < -0.4 is 5.32 Å². The minimum atomic E-state index is -0.228. The number of aliphatic imine (C=N–C) groups is 1. The monoisotopic (exact) mass is 447 g/mol. The van der Waals surface area contributed by atoms with Crippen molar-refractivity contribution < 1.29 is 9.84 Å². The van der Waals surface area contributed by atoms with Gasteiger partial charge in [-0.05, 0) is 32.3 Å². The molecule has 1 aromatic rings. The van der Waals surface area contributed by atoms with Crippen LogP contribution in [-0.2, 0) is 4.74 Å². The molecule has 0 bridgehead atoms. The van der Waals surface area contributed by atoms with Gasteiger partial charge in [0.2, 0.25) is 0 Å². The second-order valence-corrected chi connectivity index (χ2v) is 5.90. The highest BCUT2D eigenvalue weighted by Crippen LogP contribution is 2.15. The van der Waals surface area contributed by atoms with Crippen molar-refractivity contribution in [1.29, 1.82) is 0 Å². The molecule has 6 heteroatoms. The average molecular weight is 447 g/mol. The van der Waals surface area contributed by atoms with Crippen LogP contribution in [0.1, 0.15) is 38.4 Å². The minimum Gasteiger partial charge on any atom is -0.391 e. The predicted molar refractivity (Wildman–Crippen MR) is 109 cm³/mol. The van der Waals surface area contributed by atoms with Crippen molar-refractivity contribution in [3.05, 3.63) is 35.9 Å². The summed E-state index contributed by atoms with van der Waals surface area (Å²) in [7, 11) is 0. The third kappa shape index (κ3) is 6.94. The summed E-state index contributed by atoms with van der Waals surface area (Å²) in [5.41, 5.74) is 1.20. The molecule has 0 saturated carbocycles. The van der Waals surface area contributed by atoms with Gasteiger partial charge in [-0.1, -0.05) is 30.3 Å². The largest absolute Gasteiger partial charge is 0.391 e. The molecule has 1 aliphatic rings. The maximum Gasteiger partial charge on any atom is 0.194 e. The number of ether oxygens (including phenoxy) is 1. The van der Waals surface area contributed by atoms with Crippen molar-refractivity contribution in [2.45, 2.75) is 38.9 Å². The molecule has 0 aliphatic carbocycles. The first-order valence-electron chi connectivity index (χ1n) is 8.58. The van der Waals surface area contributed by atoms with Gasteiger partial charge in [-0.3, -0.25) is 4.99 Å². The van der Waals surface area contributed by atoms with E-state index in [-0.39, 0.29) is 36.2 Å². The summed E-state index contributed by atoms with van der Waals surface area (Å²) in [5.74, 6) is 0.903. The molecule has 24 heavy (non-hydrogen) atoms. The van der Waals surface area contributed by atoms with E-state index in [0.717, 1.165) is 38.4 Å². The van der Waals surface area contributed by atoms with Gasteiger partial charge >= 0.3 is 0 Å². The Bertz CT molecular complexity index is 484. The summed E-state index contributed by atoms with van der Waals surface area (Å²) in [5, 5.41) is 12.9. The number of β-amino-alcohol motifs (C(OH)–C–C–N with tert-alkyl or cyclic N) is 1. The number of aliphatic hydroxyl groups is 1. The van der Waals surface area contributed by atoms with Gasteiger partial charge in [0.1, 0.15) is 0 Å². The minimum absolute atomic E-state index is 0. The molecule has 1 aliphatic heterocycles. The molecule has 5 nitrogen and oxygen atoms in total. The Balaban J connectivity index is 0.00000288. The highest BCUT2D eigenvalue weighted by atomic mass is 127. The molecule has 136 valence electrons. The van der Waals surface area contributed by atoms with Crippen LogP contribution in [0.3, 0.4) is 0 Å². The van der Waals surface area contributed by atoms with Crippen LogP contribution in [-0.4, -0.2) is 54.9 Å². The molecule has 0 aromatic heterocycles. The van der Waals surface area contributed by atoms with Crippen LogP contribution in [0.5, 0.6) is 0 Å². The fourth-order valence-electron chi connectivity index (χ4n) is 2.69. The summed E-state index contributed by atoms with van der Waals surface area (Å²) in [6, 6.07) is 10.3. The maximum absolute atomic E-state index is 9.65. The number of nitrogens with one attached hydrogen (secondary N) is 1. The van der Waals surface area contributed by atoms with Gasteiger partial charge < -0.3 is 20.1 Å². The normalized spacial score (nSPS) is 19.0. The molecule has 1 saturated heterocycles. The van der Waals surface area contributed by atoms with Gasteiger partial charge in [-0.15, -0.1) is 24.0 Å². The van der Waals surface area contributed by atoms with Crippen molar-refractivity contribution >= 4 is 29.9 Å². The Morgan fingerprint density at radius 3 is 2.79 bits per heavy atom. The Hall–Kier alpha value is -0.860. The number of guanidine groups is 1. The lowest BCUT2D eigenvalue weighted by Crippen LogP contribution is -2.40. The van der Waals surface area contributed by atoms with Crippen LogP contribution in [0.2, 0.25) is 0 Å². The first-order chi connectivity index (χ1) is 11.2. The molecular weight excluding hydrogens is 417 g/mol. The van der Waals surface area contributed by atoms with Gasteiger partial charge in [0.05, 0.1) is 12.2 Å². The van der Waals surface area contributed by atoms with E-state index in [1.54, 1.807) is 0 Å². The molecule has 0 amide bonds. The second kappa shape index (κ2) is 11.7. The van der Waals surface area contributed by atoms with Crippen molar-refractivity contribution in [2.24, 2.45) is 4.99 Å². The van der Waals surface area contributed by atoms with E-state index in [0.29, 0.717) is 13.2 Å². The zero-order valence-electron chi connectivity index (χ0n) is 14.6. The molecule has 2 N–H and O–H groups in total. The lowest BCUT2D eigenvalue weighted by Gasteiger charge is -2.21. The summed E-state index contributed by atoms with van der Waals surface area (Å²) in [6.45, 7) is 7.95. The van der Waals surface area contributed by atoms with E-state index < -0.39 is 0 Å². The summed E-state index contributed by atoms with van der Waals surface area (Å²) in [4.78, 5) is 6.77. The van der Waals surface area contributed by atoms with Gasteiger partial charge in [-0.2, -0.15) is 0 Å². The third-order valence-electron chi connectivity index (χ3n) is 4.00. The van der Waals surface area contributed by atoms with Crippen LogP contribution in [0.15, 0.2) is 35.3 Å². The van der Waals surface area contributed by atoms with Gasteiger partial charge in [-0.25, -0.2) is 0 Å². The van der Waals surface area contributed by atoms with Gasteiger partial charge in [0.15, 0.2) is 5.96 Å². The van der Waals surface area contributed by atoms with Gasteiger partial charge in [0.25, 0.3) is 0 Å². The quantitative estimate of drug-likeness (QED) is 0.292. The van der Waals surface area contributed by atoms with Gasteiger partial charge in [0, 0.05) is 32.8 Å². The SMILES string of the molecule is CCNC(=NCCCOC(C)c1ccccc1)N1CC[C@@H](O)C1.I. The number of aliphatic hydroxyl groups excluding tert-OH is 1. The van der Waals surface area contributed by atoms with Crippen molar-refractivity contribution in [2.75, 3.05) is 32.8 Å². The van der Waals surface area contributed by atoms with E-state index in [2.05, 4.69) is 41.2 Å². The zero-order chi connectivity index (χ0) is 16.5. The Morgan fingerprint density at radius 2 is 2.17 bits per heavy atom. The lowest BCUT2D eigenvalue weighted by molar-refractivity contribution is 0.0651. The molecule has 1 unspecified atom stereocenters. The third-order valence-corrected chi connectivity index (χ3v) is 4.00. The molecule has 0 radical (unpaired) electrons. The highest BCUT2D eigenvalue weighted by Gasteiger charge is 2.22. The highest BCUT2D eigenvalue weighted by molar-refractivity contribution is 14.0. The topological polar surface area (TPSA) is 57.1 Å². The molecule has 1 aromatic carbocycles. The van der Waals surface area contributed by atoms with Crippen molar-refractivity contribution in [3.8, 4) is 0 Å². The fraction of sp³-hybridized carbons (Fsp3) is 0.611. The molecular formula is C18H30IN3O2. The fourth-order valence-corrected chi connectivity index (χ4v) is 2.69. The molecule has 2 atom stereocenters. The van der Waals surface area contributed by atoms with Crippen molar-refractivity contribution in [3.63, 3.8) is 0 Å². The first-order valence-corrected chi connectivity index (χ1v) is 8.58. The standard InChI is InChI=1S/C18H29N3O2.HI/c1-3-19-18(21-12-10-17(22)14-21)20-11-7-13-23-15(2)16-8-5-4-6-9-16;/h4-6,8-9,15,17,22H,3,7,10-14H2,1-2H3,(H,19,20);1H/t15?,17-;/m1./s1. The smallest absolute Gasteiger partial charge is 0.194 e. The van der Waals surface area contributed by atoms with E-state index in [9.17, 15) is 5.11 Å². The average Bonchev–Trinajstić information content (AvgIpc) is 3.00. The van der Waals surface area contributed by atoms with Crippen LogP contribution in [0.4, 0.5) is 0 Å². The number of halogens is 1. The number of likely N-dealkylation sites (tertiary alicyclic amines) is 1. The van der Waals surface area contributed by atoms with E-state index in [1.165, 1.54) is 5.56 Å². The molecule has 1 fully saturated rings. The Morgan fingerprint density at radius 1 is 1.42 bits per heavy atom. The zero-order valence-corrected chi connectivity index (χ0v) is 17.0. The second-order valence-electron chi connectivity index (χ2n) is 5.90. The summed E-state index contributed by atoms with van der Waals surface area (Å²) >= 11 is 0. The predicted octanol–water partition coefficient (Wildman–Crippen LogP) is 2.80. The molecule has 2 rings (SSSR count). The maximum atomic E-state index is 9.65. The van der Waals surface area contributed by atoms with Crippen LogP contribution >= 0.6 is 24.0 Å². The summed E-state index contributed by atoms with van der Waals surface area (Å²) in [6.07, 6.45) is 1.60. The van der Waals surface area contributed by atoms with Crippen molar-refractivity contribution in [1.82, 2.24) is 10.2 Å². The van der Waals surface area contributed by atoms with Crippen LogP contribution in [0, 0.1) is 0 Å². The number of nitrogens with zero attached hydrogens (tertiary/aromatic N) is 2. The summed E-state index contributed by atoms with van der Waals surface area (Å²) < 4.78 is 5.87. The van der Waals surface area contributed by atoms with Crippen LogP contribution in [0.25, 0.3) is 0 Å². The van der Waals surface area contributed by atoms with E-state index >= 15 is 0 Å². The number of benzene rings is 1.